The molecule has 2 unspecified atom stereocenters. The van der Waals surface area contributed by atoms with Crippen molar-refractivity contribution in [1.82, 2.24) is 0 Å². The quantitative estimate of drug-likeness (QED) is 0.126. The van der Waals surface area contributed by atoms with E-state index in [4.69, 9.17) is 0 Å². The average Bonchev–Trinajstić information content (AvgIpc) is 3.38. The van der Waals surface area contributed by atoms with E-state index in [9.17, 15) is 0 Å². The monoisotopic (exact) mass is 893 g/mol. The first-order chi connectivity index (χ1) is 32.9. The summed E-state index contributed by atoms with van der Waals surface area (Å²) in [5, 5.41) is 23.0. The van der Waals surface area contributed by atoms with Gasteiger partial charge in [-0.3, -0.25) is 0 Å². The molecule has 0 N–H and O–H groups in total. The molecule has 12 aromatic rings. The first kappa shape index (κ1) is 40.0. The summed E-state index contributed by atoms with van der Waals surface area (Å²) >= 11 is 0. The molecule has 1 aliphatic rings. The van der Waals surface area contributed by atoms with Crippen molar-refractivity contribution < 1.29 is 0 Å². The van der Waals surface area contributed by atoms with E-state index in [0.717, 1.165) is 0 Å². The minimum Gasteiger partial charge on any atom is -0.341 e. The van der Waals surface area contributed by atoms with Crippen LogP contribution in [-0.4, -0.2) is 20.8 Å². The maximum absolute atomic E-state index is 2.58. The minimum absolute atomic E-state index is 1.15. The van der Waals surface area contributed by atoms with E-state index in [1.807, 2.05) is 0 Å². The van der Waals surface area contributed by atoms with Gasteiger partial charge in [-0.15, -0.1) is 0 Å². The second kappa shape index (κ2) is 15.6. The third-order valence-electron chi connectivity index (χ3n) is 14.5. The number of benzene rings is 12. The fourth-order valence-corrected chi connectivity index (χ4v) is 17.3. The Morgan fingerprint density at radius 1 is 0.299 bits per heavy atom. The summed E-state index contributed by atoms with van der Waals surface area (Å²) < 4.78 is 0. The maximum Gasteiger partial charge on any atom is 0.128 e. The van der Waals surface area contributed by atoms with Crippen molar-refractivity contribution in [3.05, 3.63) is 231 Å². The molecule has 2 atom stereocenters. The van der Waals surface area contributed by atoms with Crippen LogP contribution in [0.2, 0.25) is 0 Å². The summed E-state index contributed by atoms with van der Waals surface area (Å²) in [5.74, 6) is 0. The van der Waals surface area contributed by atoms with Gasteiger partial charge < -0.3 is 9.80 Å². The van der Waals surface area contributed by atoms with Crippen LogP contribution < -0.4 is 41.6 Å². The molecule has 0 bridgehead atoms. The van der Waals surface area contributed by atoms with Crippen molar-refractivity contribution in [3.63, 3.8) is 0 Å². The van der Waals surface area contributed by atoms with E-state index >= 15 is 0 Å². The van der Waals surface area contributed by atoms with Crippen molar-refractivity contribution >= 4 is 134 Å². The highest BCUT2D eigenvalue weighted by Crippen LogP contribution is 2.58. The molecule has 67 heavy (non-hydrogen) atoms. The molecule has 13 rings (SSSR count). The highest BCUT2D eigenvalue weighted by Gasteiger charge is 2.46. The normalized spacial score (nSPS) is 16.1. The van der Waals surface area contributed by atoms with Crippen LogP contribution in [0.1, 0.15) is 0 Å². The number of anilines is 4. The zero-order valence-electron chi connectivity index (χ0n) is 37.7. The van der Waals surface area contributed by atoms with Crippen molar-refractivity contribution in [1.29, 1.82) is 0 Å². The predicted octanol–water partition coefficient (Wildman–Crippen LogP) is 14.1. The van der Waals surface area contributed by atoms with Crippen molar-refractivity contribution in [2.75, 3.05) is 30.6 Å². The summed E-state index contributed by atoms with van der Waals surface area (Å²) in [5.41, 5.74) is 4.91. The number of hydrogen-bond donors (Lipinski definition) is 0. The van der Waals surface area contributed by atoms with Gasteiger partial charge in [-0.1, -0.05) is 146 Å². The van der Waals surface area contributed by atoms with E-state index in [1.54, 1.807) is 0 Å². The molecule has 1 aliphatic heterocycles. The van der Waals surface area contributed by atoms with Gasteiger partial charge >= 0.3 is 0 Å². The Morgan fingerprint density at radius 3 is 1.07 bits per heavy atom. The average molecular weight is 894 g/mol. The highest BCUT2D eigenvalue weighted by atomic mass is 31.2. The van der Waals surface area contributed by atoms with Gasteiger partial charge in [0.2, 0.25) is 0 Å². The highest BCUT2D eigenvalue weighted by molar-refractivity contribution is 7.95. The lowest BCUT2D eigenvalue weighted by molar-refractivity contribution is 1.23. The van der Waals surface area contributed by atoms with Gasteiger partial charge in [0.25, 0.3) is 0 Å². The van der Waals surface area contributed by atoms with E-state index in [1.165, 1.54) is 119 Å². The van der Waals surface area contributed by atoms with E-state index < -0.39 is 15.2 Å². The summed E-state index contributed by atoms with van der Waals surface area (Å²) in [4.78, 5) is 5.12. The lowest BCUT2D eigenvalue weighted by Gasteiger charge is -2.36. The lowest BCUT2D eigenvalue weighted by atomic mass is 10.0. The Labute approximate surface area is 393 Å². The van der Waals surface area contributed by atoms with Gasteiger partial charge in [-0.2, -0.15) is 0 Å². The van der Waals surface area contributed by atoms with E-state index in [-0.39, 0.29) is 0 Å². The molecule has 0 aliphatic carbocycles. The van der Waals surface area contributed by atoms with Crippen LogP contribution >= 0.6 is 15.2 Å². The molecule has 0 amide bonds. The molecule has 4 heteroatoms. The predicted molar refractivity (Wildman–Crippen MR) is 297 cm³/mol. The first-order valence-corrected chi connectivity index (χ1v) is 26.7. The summed E-state index contributed by atoms with van der Waals surface area (Å²) in [6.45, 7) is 2.58. The molecule has 1 heterocycles. The summed E-state index contributed by atoms with van der Waals surface area (Å²) in [6.07, 6.45) is 0. The van der Waals surface area contributed by atoms with Gasteiger partial charge in [0.15, 0.2) is 0 Å². The van der Waals surface area contributed by atoms with Crippen molar-refractivity contribution in [2.45, 2.75) is 0 Å². The zero-order chi connectivity index (χ0) is 44.8. The number of rotatable bonds is 2. The Kier molecular flexibility index (Phi) is 9.33. The SMILES string of the molecule is CN1c2cc3cc4ccccc4cc3cc2P(c2ccccc2)c2cc3ccccc3cc2N(C)c2cc3cc4ccccc4cc3cc2[P+](C)(c2ccccc2)c2cc3ccccc3cc21. The minimum atomic E-state index is -2.50. The molecule has 2 nitrogen and oxygen atoms in total. The number of nitrogens with zero attached hydrogens (tertiary/aromatic N) is 2. The third-order valence-corrected chi connectivity index (χ3v) is 20.9. The number of fused-ring (bicyclic) bond motifs is 10. The van der Waals surface area contributed by atoms with Gasteiger partial charge in [0, 0.05) is 36.1 Å². The van der Waals surface area contributed by atoms with Gasteiger partial charge in [-0.05, 0) is 163 Å². The van der Waals surface area contributed by atoms with Crippen LogP contribution in [0.25, 0.3) is 64.6 Å². The van der Waals surface area contributed by atoms with Crippen LogP contribution in [0.5, 0.6) is 0 Å². The molecule has 0 aromatic heterocycles. The van der Waals surface area contributed by atoms with Crippen LogP contribution in [0.15, 0.2) is 231 Å². The topological polar surface area (TPSA) is 6.48 Å². The number of hydrogen-bond acceptors (Lipinski definition) is 2. The molecule has 0 fully saturated rings. The Balaban J connectivity index is 1.24. The largest absolute Gasteiger partial charge is 0.341 e. The van der Waals surface area contributed by atoms with Gasteiger partial charge in [0.05, 0.1) is 18.0 Å². The molecule has 0 radical (unpaired) electrons. The Morgan fingerprint density at radius 2 is 0.597 bits per heavy atom. The molecular formula is C63H47N2P2+. The third kappa shape index (κ3) is 6.47. The molecular weight excluding hydrogens is 847 g/mol. The maximum atomic E-state index is 2.58. The molecule has 12 aromatic carbocycles. The standard InChI is InChI=1S/C63H47N2P2/c1-64-56-34-46-22-14-16-24-48(46)38-60(56)66(54-26-6-4-7-27-54)61-39-52-32-44-20-12-10-18-42(44)30-50(52)36-57(61)65(2)58-35-47-23-15-17-25-49(47)40-62(58)67(3,55-28-8-5-9-29-55)63-41-53-33-45-21-13-11-19-43(45)31-51(53)37-59(63)64/h4-41H,1-3H3/q+1. The second-order valence-corrected chi connectivity index (χ2v) is 23.9. The van der Waals surface area contributed by atoms with E-state index in [2.05, 4.69) is 261 Å². The Bertz CT molecular complexity index is 3940. The van der Waals surface area contributed by atoms with Gasteiger partial charge in [0.1, 0.15) is 23.2 Å². The fraction of sp³-hybridized carbons (Fsp3) is 0.0476. The van der Waals surface area contributed by atoms with Crippen LogP contribution in [0.3, 0.4) is 0 Å². The summed E-state index contributed by atoms with van der Waals surface area (Å²) in [7, 11) is 1.02. The lowest BCUT2D eigenvalue weighted by Crippen LogP contribution is -2.38. The zero-order valence-corrected chi connectivity index (χ0v) is 39.5. The van der Waals surface area contributed by atoms with Crippen molar-refractivity contribution in [2.24, 2.45) is 0 Å². The van der Waals surface area contributed by atoms with Crippen LogP contribution in [0.4, 0.5) is 22.7 Å². The first-order valence-electron chi connectivity index (χ1n) is 23.1. The molecule has 0 spiro atoms. The smallest absolute Gasteiger partial charge is 0.128 e. The molecule has 0 saturated heterocycles. The second-order valence-electron chi connectivity index (χ2n) is 18.3. The molecule has 318 valence electrons. The van der Waals surface area contributed by atoms with Crippen molar-refractivity contribution in [3.8, 4) is 0 Å². The van der Waals surface area contributed by atoms with E-state index in [0.29, 0.717) is 0 Å². The Hall–Kier alpha value is -7.34. The fourth-order valence-electron chi connectivity index (χ4n) is 10.9. The molecule has 0 saturated carbocycles. The van der Waals surface area contributed by atoms with Crippen LogP contribution in [0, 0.1) is 0 Å². The summed E-state index contributed by atoms with van der Waals surface area (Å²) in [6, 6.07) is 87.9. The van der Waals surface area contributed by atoms with Crippen LogP contribution in [-0.2, 0) is 0 Å². The van der Waals surface area contributed by atoms with Gasteiger partial charge in [-0.25, -0.2) is 0 Å².